The third-order valence-electron chi connectivity index (χ3n) is 8.77. The second-order valence-corrected chi connectivity index (χ2v) is 13.1. The summed E-state index contributed by atoms with van der Waals surface area (Å²) >= 11 is 0. The van der Waals surface area contributed by atoms with E-state index < -0.39 is 17.8 Å². The number of carbonyl (C=O) groups is 2. The maximum Gasteiger partial charge on any atom is 0.416 e. The molecule has 0 aliphatic carbocycles. The average Bonchev–Trinajstić information content (AvgIpc) is 3.06. The number of hydrogen-bond acceptors (Lipinski definition) is 6. The molecule has 0 aromatic heterocycles. The summed E-state index contributed by atoms with van der Waals surface area (Å²) < 4.78 is 51.9. The molecule has 2 amide bonds. The monoisotopic (exact) mass is 683 g/mol. The molecule has 4 atom stereocenters. The molecule has 1 aliphatic heterocycles. The Bertz CT molecular complexity index is 1500. The van der Waals surface area contributed by atoms with Crippen LogP contribution in [0.5, 0.6) is 5.75 Å². The lowest BCUT2D eigenvalue weighted by Crippen LogP contribution is -2.47. The van der Waals surface area contributed by atoms with Crippen molar-refractivity contribution in [2.45, 2.75) is 77.4 Å². The fourth-order valence-corrected chi connectivity index (χ4v) is 5.93. The fraction of sp³-hybridized carbons (Fsp3) is 0.474. The third-order valence-corrected chi connectivity index (χ3v) is 8.77. The highest BCUT2D eigenvalue weighted by Crippen LogP contribution is 2.30. The Morgan fingerprint density at radius 3 is 2.43 bits per heavy atom. The van der Waals surface area contributed by atoms with Crippen molar-refractivity contribution in [2.75, 3.05) is 38.7 Å². The van der Waals surface area contributed by atoms with E-state index in [-0.39, 0.29) is 55.1 Å². The molecule has 0 saturated carbocycles. The average molecular weight is 684 g/mol. The number of rotatable bonds is 9. The Morgan fingerprint density at radius 1 is 1.04 bits per heavy atom. The van der Waals surface area contributed by atoms with Crippen LogP contribution in [-0.2, 0) is 28.7 Å². The number of likely N-dealkylation sites (N-methyl/N-ethyl adjacent to an activating group) is 1. The van der Waals surface area contributed by atoms with Crippen molar-refractivity contribution in [1.29, 1.82) is 0 Å². The van der Waals surface area contributed by atoms with Crippen molar-refractivity contribution in [1.82, 2.24) is 9.80 Å². The highest BCUT2D eigenvalue weighted by atomic mass is 19.4. The van der Waals surface area contributed by atoms with Crippen LogP contribution in [0.1, 0.15) is 67.1 Å². The summed E-state index contributed by atoms with van der Waals surface area (Å²) in [5, 5.41) is 13.1. The van der Waals surface area contributed by atoms with Crippen molar-refractivity contribution in [3.8, 4) is 5.75 Å². The van der Waals surface area contributed by atoms with E-state index in [2.05, 4.69) is 5.32 Å². The predicted molar refractivity (Wildman–Crippen MR) is 183 cm³/mol. The van der Waals surface area contributed by atoms with Crippen LogP contribution in [0.3, 0.4) is 0 Å². The van der Waals surface area contributed by atoms with Gasteiger partial charge in [0.1, 0.15) is 5.75 Å². The van der Waals surface area contributed by atoms with E-state index in [4.69, 9.17) is 9.47 Å². The summed E-state index contributed by atoms with van der Waals surface area (Å²) in [7, 11) is 1.89. The lowest BCUT2D eigenvalue weighted by molar-refractivity contribution is -0.137. The molecule has 266 valence electrons. The van der Waals surface area contributed by atoms with Gasteiger partial charge in [-0.2, -0.15) is 13.2 Å². The van der Waals surface area contributed by atoms with Gasteiger partial charge < -0.3 is 24.8 Å². The van der Waals surface area contributed by atoms with Crippen LogP contribution in [0, 0.1) is 5.92 Å². The number of ether oxygens (including phenoxy) is 2. The number of alkyl halides is 3. The highest BCUT2D eigenvalue weighted by molar-refractivity contribution is 6.00. The minimum atomic E-state index is -4.39. The number of aliphatic hydroxyl groups excluding tert-OH is 1. The van der Waals surface area contributed by atoms with Crippen molar-refractivity contribution in [3.05, 3.63) is 95.1 Å². The van der Waals surface area contributed by atoms with Gasteiger partial charge in [-0.15, -0.1) is 0 Å². The van der Waals surface area contributed by atoms with Crippen molar-refractivity contribution < 1.29 is 37.3 Å². The number of fused-ring (bicyclic) bond motifs is 1. The predicted octanol–water partition coefficient (Wildman–Crippen LogP) is 6.81. The van der Waals surface area contributed by atoms with Crippen molar-refractivity contribution >= 4 is 17.5 Å². The first-order valence-corrected chi connectivity index (χ1v) is 16.9. The van der Waals surface area contributed by atoms with E-state index in [0.717, 1.165) is 42.5 Å². The van der Waals surface area contributed by atoms with Crippen molar-refractivity contribution in [2.24, 2.45) is 5.92 Å². The van der Waals surface area contributed by atoms with Gasteiger partial charge in [-0.3, -0.25) is 14.5 Å². The number of nitrogens with zero attached hydrogens (tertiary/aromatic N) is 2. The van der Waals surface area contributed by atoms with Gasteiger partial charge in [0.15, 0.2) is 0 Å². The molecule has 1 aliphatic rings. The van der Waals surface area contributed by atoms with Crippen LogP contribution >= 0.6 is 0 Å². The minimum absolute atomic E-state index is 0.173. The Balaban J connectivity index is 1.56. The number of benzene rings is 3. The molecule has 0 bridgehead atoms. The van der Waals surface area contributed by atoms with E-state index in [1.54, 1.807) is 30.0 Å². The first-order chi connectivity index (χ1) is 23.3. The molecule has 0 radical (unpaired) electrons. The summed E-state index contributed by atoms with van der Waals surface area (Å²) in [5.74, 6) is -0.331. The van der Waals surface area contributed by atoms with E-state index in [1.807, 2.05) is 56.1 Å². The lowest BCUT2D eigenvalue weighted by Gasteiger charge is -2.36. The Morgan fingerprint density at radius 2 is 1.76 bits per heavy atom. The summed E-state index contributed by atoms with van der Waals surface area (Å²) in [5.41, 5.74) is 1.66. The van der Waals surface area contributed by atoms with Gasteiger partial charge in [0, 0.05) is 37.8 Å². The molecule has 4 rings (SSSR count). The standard InChI is InChI=1S/C38H48F3N3O5/c1-26-22-44(27(2)25-45)37(47)33-21-32(42-36(46)20-29-11-6-5-7-12-29)17-18-34(33)49-28(3)10-8-9-19-48-35(26)24-43(4)23-30-13-15-31(16-14-30)38(39,40)41/h5-7,11-18,21,26-28,35,45H,8-10,19-20,22-25H2,1-4H3,(H,42,46)/t26-,27-,28+,35-/m1/s1. The Labute approximate surface area is 287 Å². The van der Waals surface area contributed by atoms with E-state index in [0.29, 0.717) is 31.1 Å². The number of carbonyl (C=O) groups excluding carboxylic acids is 2. The molecule has 0 spiro atoms. The molecule has 3 aromatic carbocycles. The zero-order valence-corrected chi connectivity index (χ0v) is 28.7. The van der Waals surface area contributed by atoms with Crippen LogP contribution in [-0.4, -0.2) is 78.3 Å². The molecule has 11 heteroatoms. The first kappa shape index (κ1) is 37.9. The molecule has 3 aromatic rings. The van der Waals surface area contributed by atoms with Crippen LogP contribution in [0.25, 0.3) is 0 Å². The maximum atomic E-state index is 14.3. The summed E-state index contributed by atoms with van der Waals surface area (Å²) in [6.07, 6.45) is -2.34. The van der Waals surface area contributed by atoms with Crippen LogP contribution in [0.2, 0.25) is 0 Å². The Kier molecular flexibility index (Phi) is 13.6. The van der Waals surface area contributed by atoms with Crippen LogP contribution in [0.15, 0.2) is 72.8 Å². The summed E-state index contributed by atoms with van der Waals surface area (Å²) in [4.78, 5) is 30.9. The fourth-order valence-electron chi connectivity index (χ4n) is 5.93. The lowest BCUT2D eigenvalue weighted by atomic mass is 10.0. The number of anilines is 1. The van der Waals surface area contributed by atoms with Crippen LogP contribution < -0.4 is 10.1 Å². The molecule has 0 unspecified atom stereocenters. The normalized spacial score (nSPS) is 20.2. The smallest absolute Gasteiger partial charge is 0.416 e. The molecular formula is C38H48F3N3O5. The zero-order valence-electron chi connectivity index (χ0n) is 28.7. The van der Waals surface area contributed by atoms with Gasteiger partial charge in [-0.05, 0) is 81.6 Å². The highest BCUT2D eigenvalue weighted by Gasteiger charge is 2.32. The Hall–Kier alpha value is -3.93. The number of aliphatic hydroxyl groups is 1. The SMILES string of the molecule is C[C@@H]1CN([C@H](C)CO)C(=O)c2cc(NC(=O)Cc3ccccc3)ccc2O[C@@H](C)CCCCO[C@@H]1CN(C)Cc1ccc(C(F)(F)F)cc1. The van der Waals surface area contributed by atoms with Gasteiger partial charge in [0.2, 0.25) is 5.91 Å². The zero-order chi connectivity index (χ0) is 35.6. The second kappa shape index (κ2) is 17.6. The molecule has 1 heterocycles. The molecule has 49 heavy (non-hydrogen) atoms. The van der Waals surface area contributed by atoms with E-state index in [1.165, 1.54) is 12.1 Å². The van der Waals surface area contributed by atoms with Gasteiger partial charge in [-0.1, -0.05) is 49.4 Å². The topological polar surface area (TPSA) is 91.3 Å². The maximum absolute atomic E-state index is 14.3. The molecule has 0 saturated heterocycles. The number of halogens is 3. The number of nitrogens with one attached hydrogen (secondary N) is 1. The van der Waals surface area contributed by atoms with Gasteiger partial charge in [0.05, 0.1) is 42.4 Å². The van der Waals surface area contributed by atoms with E-state index >= 15 is 0 Å². The van der Waals surface area contributed by atoms with Crippen LogP contribution in [0.4, 0.5) is 18.9 Å². The van der Waals surface area contributed by atoms with Gasteiger partial charge >= 0.3 is 6.18 Å². The second-order valence-electron chi connectivity index (χ2n) is 13.1. The van der Waals surface area contributed by atoms with Gasteiger partial charge in [-0.25, -0.2) is 0 Å². The van der Waals surface area contributed by atoms with Crippen molar-refractivity contribution in [3.63, 3.8) is 0 Å². The summed E-state index contributed by atoms with van der Waals surface area (Å²) in [6, 6.07) is 19.1. The molecule has 2 N–H and O–H groups in total. The first-order valence-electron chi connectivity index (χ1n) is 16.9. The minimum Gasteiger partial charge on any atom is -0.490 e. The molecule has 0 fully saturated rings. The quantitative estimate of drug-likeness (QED) is 0.258. The number of hydrogen-bond donors (Lipinski definition) is 2. The molecular weight excluding hydrogens is 635 g/mol. The van der Waals surface area contributed by atoms with E-state index in [9.17, 15) is 27.9 Å². The largest absolute Gasteiger partial charge is 0.490 e. The molecule has 8 nitrogen and oxygen atoms in total. The third kappa shape index (κ3) is 11.3. The number of amides is 2. The summed E-state index contributed by atoms with van der Waals surface area (Å²) in [6.45, 7) is 7.11. The van der Waals surface area contributed by atoms with Gasteiger partial charge in [0.25, 0.3) is 5.91 Å².